The third-order valence-electron chi connectivity index (χ3n) is 2.13. The summed E-state index contributed by atoms with van der Waals surface area (Å²) >= 11 is 0. The van der Waals surface area contributed by atoms with E-state index in [1.54, 1.807) is 0 Å². The molecule has 0 aliphatic rings. The van der Waals surface area contributed by atoms with Gasteiger partial charge in [-0.2, -0.15) is 0 Å². The monoisotopic (exact) mass is 274 g/mol. The van der Waals surface area contributed by atoms with Crippen LogP contribution < -0.4 is 0 Å². The standard InChI is InChI=1S/C10H11O7P/c11-6-7-1-2-9(10(12)13)8(5-7)3-4-17-18(14,15)16/h1-2,5-6H,3-4H2,(H,12,13)(H2,14,15,16). The van der Waals surface area contributed by atoms with Gasteiger partial charge in [0.25, 0.3) is 0 Å². The Morgan fingerprint density at radius 2 is 2.06 bits per heavy atom. The van der Waals surface area contributed by atoms with Gasteiger partial charge in [0.05, 0.1) is 12.2 Å². The molecule has 0 saturated heterocycles. The number of rotatable bonds is 6. The van der Waals surface area contributed by atoms with Gasteiger partial charge in [0.15, 0.2) is 0 Å². The molecule has 18 heavy (non-hydrogen) atoms. The Morgan fingerprint density at radius 3 is 2.56 bits per heavy atom. The van der Waals surface area contributed by atoms with Crippen molar-refractivity contribution in [3.05, 3.63) is 34.9 Å². The molecular weight excluding hydrogens is 263 g/mol. The van der Waals surface area contributed by atoms with E-state index < -0.39 is 13.8 Å². The Balaban J connectivity index is 2.87. The quantitative estimate of drug-likeness (QED) is 0.519. The predicted molar refractivity (Wildman–Crippen MR) is 60.5 cm³/mol. The minimum atomic E-state index is -4.58. The highest BCUT2D eigenvalue weighted by molar-refractivity contribution is 7.46. The third-order valence-corrected chi connectivity index (χ3v) is 2.65. The topological polar surface area (TPSA) is 121 Å². The Kier molecular flexibility index (Phi) is 4.75. The van der Waals surface area contributed by atoms with Gasteiger partial charge in [-0.1, -0.05) is 6.07 Å². The van der Waals surface area contributed by atoms with Crippen LogP contribution in [0.3, 0.4) is 0 Å². The summed E-state index contributed by atoms with van der Waals surface area (Å²) in [5.41, 5.74) is 0.529. The minimum Gasteiger partial charge on any atom is -0.478 e. The maximum absolute atomic E-state index is 10.9. The molecule has 0 saturated carbocycles. The summed E-state index contributed by atoms with van der Waals surface area (Å²) in [6.07, 6.45) is 0.535. The number of hydrogen-bond donors (Lipinski definition) is 3. The largest absolute Gasteiger partial charge is 0.478 e. The van der Waals surface area contributed by atoms with E-state index in [1.165, 1.54) is 18.2 Å². The lowest BCUT2D eigenvalue weighted by Crippen LogP contribution is -2.06. The molecule has 3 N–H and O–H groups in total. The molecule has 98 valence electrons. The second-order valence-corrected chi connectivity index (χ2v) is 4.65. The van der Waals surface area contributed by atoms with Gasteiger partial charge >= 0.3 is 13.8 Å². The van der Waals surface area contributed by atoms with Crippen LogP contribution in [0.2, 0.25) is 0 Å². The molecule has 0 fully saturated rings. The van der Waals surface area contributed by atoms with Crippen molar-refractivity contribution in [1.29, 1.82) is 0 Å². The maximum atomic E-state index is 10.9. The zero-order valence-electron chi connectivity index (χ0n) is 9.15. The summed E-state index contributed by atoms with van der Waals surface area (Å²) in [6, 6.07) is 3.96. The average molecular weight is 274 g/mol. The number of aldehydes is 1. The lowest BCUT2D eigenvalue weighted by atomic mass is 10.0. The van der Waals surface area contributed by atoms with Crippen molar-refractivity contribution in [2.75, 3.05) is 6.61 Å². The Labute approximate surface area is 102 Å². The van der Waals surface area contributed by atoms with Crippen molar-refractivity contribution >= 4 is 20.1 Å². The molecular formula is C10H11O7P. The molecule has 1 rings (SSSR count). The van der Waals surface area contributed by atoms with Gasteiger partial charge in [0.2, 0.25) is 0 Å². The number of carboxylic acid groups (broad SMARTS) is 1. The van der Waals surface area contributed by atoms with Crippen molar-refractivity contribution < 1.29 is 33.6 Å². The number of phosphoric acid groups is 1. The van der Waals surface area contributed by atoms with Crippen molar-refractivity contribution in [3.8, 4) is 0 Å². The van der Waals surface area contributed by atoms with E-state index >= 15 is 0 Å². The summed E-state index contributed by atoms with van der Waals surface area (Å²) in [6.45, 7) is -0.340. The zero-order valence-corrected chi connectivity index (χ0v) is 10.0. The molecule has 7 nitrogen and oxygen atoms in total. The van der Waals surface area contributed by atoms with E-state index in [4.69, 9.17) is 14.9 Å². The normalized spacial score (nSPS) is 11.2. The molecule has 0 atom stereocenters. The number of carbonyl (C=O) groups excluding carboxylic acids is 1. The van der Waals surface area contributed by atoms with Crippen molar-refractivity contribution in [2.24, 2.45) is 0 Å². The Morgan fingerprint density at radius 1 is 1.39 bits per heavy atom. The van der Waals surface area contributed by atoms with E-state index in [9.17, 15) is 14.2 Å². The average Bonchev–Trinajstić information content (AvgIpc) is 2.26. The lowest BCUT2D eigenvalue weighted by molar-refractivity contribution is 0.0695. The predicted octanol–water partition coefficient (Wildman–Crippen LogP) is 0.849. The highest BCUT2D eigenvalue weighted by Crippen LogP contribution is 2.35. The van der Waals surface area contributed by atoms with Gasteiger partial charge in [0, 0.05) is 5.56 Å². The van der Waals surface area contributed by atoms with Crippen LogP contribution in [0.5, 0.6) is 0 Å². The van der Waals surface area contributed by atoms with Crippen molar-refractivity contribution in [2.45, 2.75) is 6.42 Å². The van der Waals surface area contributed by atoms with Gasteiger partial charge < -0.3 is 14.9 Å². The van der Waals surface area contributed by atoms with Crippen LogP contribution in [0.4, 0.5) is 0 Å². The van der Waals surface area contributed by atoms with Crippen LogP contribution >= 0.6 is 7.82 Å². The first-order valence-corrected chi connectivity index (χ1v) is 6.38. The summed E-state index contributed by atoms with van der Waals surface area (Å²) in [5, 5.41) is 8.91. The van der Waals surface area contributed by atoms with E-state index in [2.05, 4.69) is 4.52 Å². The van der Waals surface area contributed by atoms with Crippen molar-refractivity contribution in [3.63, 3.8) is 0 Å². The molecule has 1 aromatic carbocycles. The Bertz CT molecular complexity index is 505. The summed E-state index contributed by atoms with van der Waals surface area (Å²) < 4.78 is 14.7. The summed E-state index contributed by atoms with van der Waals surface area (Å²) in [5.74, 6) is -1.18. The van der Waals surface area contributed by atoms with Crippen LogP contribution in [-0.2, 0) is 15.5 Å². The van der Waals surface area contributed by atoms with E-state index in [1.807, 2.05) is 0 Å². The van der Waals surface area contributed by atoms with Gasteiger partial charge in [0.1, 0.15) is 6.29 Å². The first kappa shape index (κ1) is 14.5. The molecule has 1 aromatic rings. The highest BCUT2D eigenvalue weighted by Gasteiger charge is 2.15. The molecule has 0 spiro atoms. The summed E-state index contributed by atoms with van der Waals surface area (Å²) in [7, 11) is -4.58. The van der Waals surface area contributed by atoms with Crippen molar-refractivity contribution in [1.82, 2.24) is 0 Å². The molecule has 0 unspecified atom stereocenters. The second kappa shape index (κ2) is 5.88. The second-order valence-electron chi connectivity index (χ2n) is 3.41. The van der Waals surface area contributed by atoms with Crippen LogP contribution in [0.1, 0.15) is 26.3 Å². The first-order valence-electron chi connectivity index (χ1n) is 4.85. The molecule has 0 amide bonds. The lowest BCUT2D eigenvalue weighted by Gasteiger charge is -2.08. The number of benzene rings is 1. The highest BCUT2D eigenvalue weighted by atomic mass is 31.2. The molecule has 0 bridgehead atoms. The van der Waals surface area contributed by atoms with E-state index in [0.29, 0.717) is 6.29 Å². The van der Waals surface area contributed by atoms with Gasteiger partial charge in [-0.05, 0) is 24.1 Å². The number of carbonyl (C=O) groups is 2. The first-order chi connectivity index (χ1) is 8.33. The fourth-order valence-corrected chi connectivity index (χ4v) is 1.71. The number of phosphoric ester groups is 1. The smallest absolute Gasteiger partial charge is 0.469 e. The fraction of sp³-hybridized carbons (Fsp3) is 0.200. The maximum Gasteiger partial charge on any atom is 0.469 e. The SMILES string of the molecule is O=Cc1ccc(C(=O)O)c(CCOP(=O)(O)O)c1. The molecule has 0 radical (unpaired) electrons. The molecule has 8 heteroatoms. The van der Waals surface area contributed by atoms with Gasteiger partial charge in [-0.3, -0.25) is 9.32 Å². The number of aromatic carboxylic acids is 1. The molecule has 0 aliphatic heterocycles. The van der Waals surface area contributed by atoms with E-state index in [0.717, 1.165) is 0 Å². The molecule has 0 aliphatic carbocycles. The van der Waals surface area contributed by atoms with Crippen LogP contribution in [0, 0.1) is 0 Å². The van der Waals surface area contributed by atoms with Gasteiger partial charge in [-0.25, -0.2) is 9.36 Å². The number of carboxylic acids is 1. The molecule has 0 aromatic heterocycles. The van der Waals surface area contributed by atoms with Gasteiger partial charge in [-0.15, -0.1) is 0 Å². The van der Waals surface area contributed by atoms with Crippen LogP contribution in [-0.4, -0.2) is 33.8 Å². The van der Waals surface area contributed by atoms with Crippen LogP contribution in [0.25, 0.3) is 0 Å². The zero-order chi connectivity index (χ0) is 13.8. The third kappa shape index (κ3) is 4.38. The fourth-order valence-electron chi connectivity index (χ4n) is 1.38. The summed E-state index contributed by atoms with van der Waals surface area (Å²) in [4.78, 5) is 38.5. The van der Waals surface area contributed by atoms with Crippen LogP contribution in [0.15, 0.2) is 18.2 Å². The molecule has 0 heterocycles. The van der Waals surface area contributed by atoms with E-state index in [-0.39, 0.29) is 29.7 Å². The minimum absolute atomic E-state index is 0.0194. The number of hydrogen-bond acceptors (Lipinski definition) is 4. The Hall–Kier alpha value is -1.53.